The van der Waals surface area contributed by atoms with Gasteiger partial charge in [-0.25, -0.2) is 4.98 Å². The number of nitrogens with zero attached hydrogens (tertiary/aromatic N) is 5. The van der Waals surface area contributed by atoms with Gasteiger partial charge in [-0.2, -0.15) is 23.4 Å². The summed E-state index contributed by atoms with van der Waals surface area (Å²) in [6.07, 6.45) is 5.07. The molecular formula is C26H32F3N7O. The van der Waals surface area contributed by atoms with Crippen molar-refractivity contribution in [1.29, 1.82) is 5.26 Å². The average Bonchev–Trinajstić information content (AvgIpc) is 3.67. The summed E-state index contributed by atoms with van der Waals surface area (Å²) < 4.78 is 38.7. The Hall–Kier alpha value is -2.87. The number of anilines is 1. The molecule has 1 amide bonds. The van der Waals surface area contributed by atoms with Gasteiger partial charge in [0.1, 0.15) is 11.7 Å². The highest BCUT2D eigenvalue weighted by Gasteiger charge is 2.60. The Labute approximate surface area is 214 Å². The lowest BCUT2D eigenvalue weighted by Gasteiger charge is -2.59. The van der Waals surface area contributed by atoms with Crippen LogP contribution in [0.15, 0.2) is 23.3 Å². The number of piperazine rings is 1. The predicted molar refractivity (Wildman–Crippen MR) is 130 cm³/mol. The van der Waals surface area contributed by atoms with Crippen molar-refractivity contribution in [2.24, 2.45) is 33.9 Å². The number of aliphatic imine (C=N–C) groups is 1. The third-order valence-electron chi connectivity index (χ3n) is 9.71. The summed E-state index contributed by atoms with van der Waals surface area (Å²) >= 11 is 0. The standard InChI is InChI=1S/C26H32F3N7O/c27-26(28,29)19-1-2-20(32-14-19)35-5-7-36(8-6-35)25(3-4-25)23(33-15-30)34-21-17-9-16-10-18(21)13-24(11-16,12-17)22(31)37/h1-2,14,16-18,21H,3-13H2,(H2,31,37)(H,33,34). The van der Waals surface area contributed by atoms with E-state index >= 15 is 0 Å². The molecule has 4 bridgehead atoms. The van der Waals surface area contributed by atoms with Crippen LogP contribution in [-0.2, 0) is 11.0 Å². The Kier molecular flexibility index (Phi) is 5.67. The van der Waals surface area contributed by atoms with Crippen LogP contribution in [0.25, 0.3) is 0 Å². The van der Waals surface area contributed by atoms with Crippen LogP contribution in [0.5, 0.6) is 0 Å². The fraction of sp³-hybridized carbons (Fsp3) is 0.692. The smallest absolute Gasteiger partial charge is 0.369 e. The van der Waals surface area contributed by atoms with E-state index in [2.05, 4.69) is 20.2 Å². The zero-order chi connectivity index (χ0) is 26.0. The van der Waals surface area contributed by atoms with Crippen molar-refractivity contribution in [3.8, 4) is 6.19 Å². The number of carbonyl (C=O) groups excluding carboxylic acids is 1. The molecule has 6 fully saturated rings. The van der Waals surface area contributed by atoms with E-state index in [1.54, 1.807) is 0 Å². The molecule has 2 unspecified atom stereocenters. The minimum atomic E-state index is -4.40. The van der Waals surface area contributed by atoms with E-state index in [1.165, 1.54) is 6.07 Å². The van der Waals surface area contributed by atoms with Crippen molar-refractivity contribution < 1.29 is 18.0 Å². The van der Waals surface area contributed by atoms with Crippen LogP contribution in [0.1, 0.15) is 50.5 Å². The lowest BCUT2D eigenvalue weighted by molar-refractivity contribution is -0.145. The van der Waals surface area contributed by atoms with E-state index in [0.717, 1.165) is 63.0 Å². The van der Waals surface area contributed by atoms with Crippen molar-refractivity contribution in [2.75, 3.05) is 31.1 Å². The monoisotopic (exact) mass is 515 g/mol. The number of hydrogen-bond donors (Lipinski definition) is 2. The highest BCUT2D eigenvalue weighted by Crippen LogP contribution is 2.60. The molecule has 0 radical (unpaired) electrons. The molecule has 7 rings (SSSR count). The molecule has 11 heteroatoms. The van der Waals surface area contributed by atoms with Crippen molar-refractivity contribution in [3.63, 3.8) is 0 Å². The maximum absolute atomic E-state index is 12.9. The molecule has 0 spiro atoms. The molecular weight excluding hydrogens is 483 g/mol. The Morgan fingerprint density at radius 2 is 1.81 bits per heavy atom. The summed E-state index contributed by atoms with van der Waals surface area (Å²) in [6.45, 7) is 2.69. The minimum Gasteiger partial charge on any atom is -0.369 e. The first-order valence-corrected chi connectivity index (χ1v) is 13.2. The molecule has 5 aliphatic carbocycles. The van der Waals surface area contributed by atoms with Gasteiger partial charge >= 0.3 is 6.18 Å². The highest BCUT2D eigenvalue weighted by atomic mass is 19.4. The Morgan fingerprint density at radius 1 is 1.14 bits per heavy atom. The first kappa shape index (κ1) is 24.5. The van der Waals surface area contributed by atoms with Gasteiger partial charge in [0.15, 0.2) is 0 Å². The molecule has 37 heavy (non-hydrogen) atoms. The average molecular weight is 516 g/mol. The Bertz CT molecular complexity index is 1120. The zero-order valence-corrected chi connectivity index (χ0v) is 20.7. The molecule has 1 saturated heterocycles. The number of nitriles is 1. The largest absolute Gasteiger partial charge is 0.417 e. The normalized spacial score (nSPS) is 34.8. The van der Waals surface area contributed by atoms with Gasteiger partial charge in [0.25, 0.3) is 0 Å². The summed E-state index contributed by atoms with van der Waals surface area (Å²) in [5, 5.41) is 13.3. The molecule has 8 nitrogen and oxygen atoms in total. The van der Waals surface area contributed by atoms with Crippen LogP contribution >= 0.6 is 0 Å². The van der Waals surface area contributed by atoms with Crippen LogP contribution in [-0.4, -0.2) is 59.4 Å². The lowest BCUT2D eigenvalue weighted by Crippen LogP contribution is -2.64. The van der Waals surface area contributed by atoms with E-state index in [-0.39, 0.29) is 22.9 Å². The Balaban J connectivity index is 1.13. The fourth-order valence-corrected chi connectivity index (χ4v) is 7.97. The molecule has 1 aliphatic heterocycles. The Morgan fingerprint density at radius 3 is 2.32 bits per heavy atom. The predicted octanol–water partition coefficient (Wildman–Crippen LogP) is 2.90. The summed E-state index contributed by atoms with van der Waals surface area (Å²) in [6, 6.07) is 2.71. The quantitative estimate of drug-likeness (QED) is 0.355. The third kappa shape index (κ3) is 4.13. The van der Waals surface area contributed by atoms with Gasteiger partial charge in [-0.15, -0.1) is 0 Å². The lowest BCUT2D eigenvalue weighted by atomic mass is 9.47. The van der Waals surface area contributed by atoms with Crippen molar-refractivity contribution in [2.45, 2.75) is 62.7 Å². The van der Waals surface area contributed by atoms with Gasteiger partial charge in [0.05, 0.1) is 11.1 Å². The van der Waals surface area contributed by atoms with Gasteiger partial charge in [-0.3, -0.25) is 9.69 Å². The maximum atomic E-state index is 12.9. The maximum Gasteiger partial charge on any atom is 0.417 e. The number of nitrogens with one attached hydrogen (secondary N) is 1. The number of aromatic nitrogens is 1. The van der Waals surface area contributed by atoms with Crippen LogP contribution < -0.4 is 16.0 Å². The number of alkyl halides is 3. The number of halogens is 3. The van der Waals surface area contributed by atoms with Crippen LogP contribution in [0, 0.1) is 34.6 Å². The van der Waals surface area contributed by atoms with Gasteiger partial charge in [0.2, 0.25) is 12.1 Å². The number of primary amides is 1. The van der Waals surface area contributed by atoms with E-state index in [9.17, 15) is 23.2 Å². The van der Waals surface area contributed by atoms with Crippen LogP contribution in [0.2, 0.25) is 0 Å². The summed E-state index contributed by atoms with van der Waals surface area (Å²) in [7, 11) is 0. The number of pyridine rings is 1. The van der Waals surface area contributed by atoms with Gasteiger partial charge in [-0.05, 0) is 74.8 Å². The molecule has 1 aromatic heterocycles. The summed E-state index contributed by atoms with van der Waals surface area (Å²) in [5.74, 6) is 2.40. The molecule has 198 valence electrons. The van der Waals surface area contributed by atoms with Crippen molar-refractivity contribution in [1.82, 2.24) is 15.2 Å². The fourth-order valence-electron chi connectivity index (χ4n) is 7.97. The molecule has 3 N–H and O–H groups in total. The van der Waals surface area contributed by atoms with Crippen LogP contribution in [0.3, 0.4) is 0 Å². The van der Waals surface area contributed by atoms with Gasteiger partial charge < -0.3 is 16.0 Å². The molecule has 2 atom stereocenters. The van der Waals surface area contributed by atoms with E-state index in [0.29, 0.717) is 49.8 Å². The summed E-state index contributed by atoms with van der Waals surface area (Å²) in [4.78, 5) is 25.0. The number of amides is 1. The molecule has 1 aromatic rings. The topological polar surface area (TPSA) is 111 Å². The van der Waals surface area contributed by atoms with Gasteiger partial charge in [0, 0.05) is 43.8 Å². The first-order valence-electron chi connectivity index (χ1n) is 13.2. The SMILES string of the molecule is N#C/N=C(/NC1C2CC3CC1CC(C(N)=O)(C3)C2)C1(N2CCN(c3ccc(C(F)(F)F)cn3)CC2)CC1. The second-order valence-corrected chi connectivity index (χ2v) is 11.8. The summed E-state index contributed by atoms with van der Waals surface area (Å²) in [5.41, 5.74) is 4.44. The van der Waals surface area contributed by atoms with Crippen molar-refractivity contribution in [3.05, 3.63) is 23.9 Å². The zero-order valence-electron chi connectivity index (χ0n) is 20.7. The number of carbonyl (C=O) groups is 1. The van der Waals surface area contributed by atoms with Crippen LogP contribution in [0.4, 0.5) is 19.0 Å². The number of hydrogen-bond acceptors (Lipinski definition) is 6. The van der Waals surface area contributed by atoms with E-state index < -0.39 is 11.7 Å². The minimum absolute atomic E-state index is 0.157. The number of amidine groups is 1. The highest BCUT2D eigenvalue weighted by molar-refractivity contribution is 5.95. The molecule has 5 saturated carbocycles. The van der Waals surface area contributed by atoms with Crippen molar-refractivity contribution >= 4 is 17.6 Å². The first-order chi connectivity index (χ1) is 17.6. The molecule has 0 aromatic carbocycles. The number of nitrogens with two attached hydrogens (primary N) is 1. The van der Waals surface area contributed by atoms with Gasteiger partial charge in [-0.1, -0.05) is 0 Å². The molecule has 6 aliphatic rings. The van der Waals surface area contributed by atoms with E-state index in [1.807, 2.05) is 11.1 Å². The molecule has 2 heterocycles. The number of rotatable bonds is 5. The second-order valence-electron chi connectivity index (χ2n) is 11.8. The second kappa shape index (κ2) is 8.58. The van der Waals surface area contributed by atoms with E-state index in [4.69, 9.17) is 5.73 Å². The third-order valence-corrected chi connectivity index (χ3v) is 9.71.